The topological polar surface area (TPSA) is 42.0 Å². The van der Waals surface area contributed by atoms with E-state index in [1.165, 1.54) is 128 Å². The van der Waals surface area contributed by atoms with Crippen molar-refractivity contribution in [2.45, 2.75) is 207 Å². The highest BCUT2D eigenvalue weighted by Gasteiger charge is 2.17. The molecule has 0 aromatic rings. The summed E-state index contributed by atoms with van der Waals surface area (Å²) in [5.74, 6) is 0. The number of allylic oxidation sites excluding steroid dienone is 8. The fourth-order valence-electron chi connectivity index (χ4n) is 6.36. The molecule has 0 aromatic heterocycles. The molecular formula is C47H88N2O3. The summed E-state index contributed by atoms with van der Waals surface area (Å²) >= 11 is 0. The lowest BCUT2D eigenvalue weighted by Gasteiger charge is -2.27. The number of carbonyl (C=O) groups is 1. The van der Waals surface area contributed by atoms with Gasteiger partial charge in [-0.1, -0.05) is 140 Å². The second kappa shape index (κ2) is 40.3. The van der Waals surface area contributed by atoms with Crippen molar-refractivity contribution in [2.75, 3.05) is 40.3 Å². The maximum absolute atomic E-state index is 12.7. The second-order valence-corrected chi connectivity index (χ2v) is 15.5. The highest BCUT2D eigenvalue weighted by atomic mass is 16.7. The molecule has 0 bridgehead atoms. The van der Waals surface area contributed by atoms with Gasteiger partial charge in [-0.05, 0) is 118 Å². The molecule has 0 amide bonds. The summed E-state index contributed by atoms with van der Waals surface area (Å²) in [5.41, 5.74) is 0. The standard InChI is InChI=1S/C47H88N2O3/c1-7-9-11-13-15-17-19-21-23-25-27-29-31-33-35-37-39-46(52-47(50)51-44-43-49(45(3)4)42-41-48(5)6)40-38-36-34-32-30-28-26-24-22-20-18-16-14-12-10-8-2/h15-18,21-24,45-46H,7-14,19-20,25-44H2,1-6H3/b17-15-,18-16-,23-21-,24-22-. The van der Waals surface area contributed by atoms with Crippen LogP contribution in [0.5, 0.6) is 0 Å². The van der Waals surface area contributed by atoms with Gasteiger partial charge in [0.2, 0.25) is 0 Å². The molecule has 0 saturated carbocycles. The van der Waals surface area contributed by atoms with Crippen LogP contribution in [0.3, 0.4) is 0 Å². The Morgan fingerprint density at radius 2 is 0.923 bits per heavy atom. The minimum atomic E-state index is -0.485. The first-order valence-corrected chi connectivity index (χ1v) is 22.2. The molecule has 0 N–H and O–H groups in total. The molecule has 0 aliphatic carbocycles. The van der Waals surface area contributed by atoms with E-state index in [0.29, 0.717) is 12.6 Å². The van der Waals surface area contributed by atoms with E-state index in [4.69, 9.17) is 9.47 Å². The summed E-state index contributed by atoms with van der Waals surface area (Å²) in [6.07, 6.45) is 49.9. The molecule has 5 nitrogen and oxygen atoms in total. The molecule has 5 heteroatoms. The number of hydrogen-bond donors (Lipinski definition) is 0. The number of hydrogen-bond acceptors (Lipinski definition) is 5. The summed E-state index contributed by atoms with van der Waals surface area (Å²) in [7, 11) is 4.19. The first kappa shape index (κ1) is 50.1. The highest BCUT2D eigenvalue weighted by Crippen LogP contribution is 2.18. The van der Waals surface area contributed by atoms with E-state index in [0.717, 1.165) is 58.2 Å². The van der Waals surface area contributed by atoms with Gasteiger partial charge in [0.25, 0.3) is 0 Å². The van der Waals surface area contributed by atoms with Crippen LogP contribution in [0.1, 0.15) is 195 Å². The van der Waals surface area contributed by atoms with Crippen molar-refractivity contribution in [3.63, 3.8) is 0 Å². The minimum Gasteiger partial charge on any atom is -0.433 e. The molecule has 304 valence electrons. The summed E-state index contributed by atoms with van der Waals surface area (Å²) in [4.78, 5) is 17.3. The molecule has 0 aliphatic heterocycles. The summed E-state index contributed by atoms with van der Waals surface area (Å²) in [6.45, 7) is 12.0. The fourth-order valence-corrected chi connectivity index (χ4v) is 6.36. The molecule has 0 radical (unpaired) electrons. The zero-order valence-electron chi connectivity index (χ0n) is 35.6. The number of likely N-dealkylation sites (N-methyl/N-ethyl adjacent to an activating group) is 1. The molecule has 0 unspecified atom stereocenters. The van der Waals surface area contributed by atoms with E-state index < -0.39 is 6.16 Å². The lowest BCUT2D eigenvalue weighted by atomic mass is 10.0. The minimum absolute atomic E-state index is 0.0286. The number of carbonyl (C=O) groups excluding carboxylic acids is 1. The Hall–Kier alpha value is -1.85. The molecule has 0 atom stereocenters. The quantitative estimate of drug-likeness (QED) is 0.0360. The third-order valence-electron chi connectivity index (χ3n) is 9.88. The molecule has 0 aromatic carbocycles. The van der Waals surface area contributed by atoms with Crippen LogP contribution >= 0.6 is 0 Å². The summed E-state index contributed by atoms with van der Waals surface area (Å²) in [5, 5.41) is 0. The maximum atomic E-state index is 12.7. The van der Waals surface area contributed by atoms with Crippen LogP contribution < -0.4 is 0 Å². The van der Waals surface area contributed by atoms with E-state index >= 15 is 0 Å². The summed E-state index contributed by atoms with van der Waals surface area (Å²) in [6, 6.07) is 0.417. The van der Waals surface area contributed by atoms with Crippen molar-refractivity contribution in [2.24, 2.45) is 0 Å². The van der Waals surface area contributed by atoms with Crippen LogP contribution in [0.15, 0.2) is 48.6 Å². The van der Waals surface area contributed by atoms with Gasteiger partial charge in [-0.2, -0.15) is 0 Å². The average molecular weight is 729 g/mol. The first-order valence-electron chi connectivity index (χ1n) is 22.2. The van der Waals surface area contributed by atoms with Crippen LogP contribution in [0.4, 0.5) is 4.79 Å². The maximum Gasteiger partial charge on any atom is 0.508 e. The number of ether oxygens (including phenoxy) is 2. The van der Waals surface area contributed by atoms with Gasteiger partial charge in [0.1, 0.15) is 12.7 Å². The van der Waals surface area contributed by atoms with Crippen molar-refractivity contribution in [1.82, 2.24) is 9.80 Å². The Morgan fingerprint density at radius 1 is 0.519 bits per heavy atom. The normalized spacial score (nSPS) is 12.5. The van der Waals surface area contributed by atoms with Gasteiger partial charge in [0.15, 0.2) is 0 Å². The Kier molecular flexibility index (Phi) is 38.9. The van der Waals surface area contributed by atoms with Gasteiger partial charge >= 0.3 is 6.16 Å². The predicted octanol–water partition coefficient (Wildman–Crippen LogP) is 14.2. The van der Waals surface area contributed by atoms with Crippen molar-refractivity contribution < 1.29 is 14.3 Å². The van der Waals surface area contributed by atoms with E-state index in [1.54, 1.807) is 0 Å². The van der Waals surface area contributed by atoms with Crippen LogP contribution in [0, 0.1) is 0 Å². The van der Waals surface area contributed by atoms with Gasteiger partial charge in [-0.25, -0.2) is 4.79 Å². The van der Waals surface area contributed by atoms with Crippen LogP contribution in [0.2, 0.25) is 0 Å². The average Bonchev–Trinajstić information content (AvgIpc) is 3.12. The van der Waals surface area contributed by atoms with E-state index in [1.807, 2.05) is 0 Å². The first-order chi connectivity index (χ1) is 25.4. The van der Waals surface area contributed by atoms with E-state index in [9.17, 15) is 4.79 Å². The smallest absolute Gasteiger partial charge is 0.433 e. The predicted molar refractivity (Wildman–Crippen MR) is 229 cm³/mol. The van der Waals surface area contributed by atoms with Crippen molar-refractivity contribution >= 4 is 6.16 Å². The van der Waals surface area contributed by atoms with Gasteiger partial charge in [-0.15, -0.1) is 0 Å². The van der Waals surface area contributed by atoms with Crippen LogP contribution in [-0.2, 0) is 9.47 Å². The lowest BCUT2D eigenvalue weighted by Crippen LogP contribution is -2.39. The second-order valence-electron chi connectivity index (χ2n) is 15.5. The molecular weight excluding hydrogens is 641 g/mol. The van der Waals surface area contributed by atoms with Crippen LogP contribution in [0.25, 0.3) is 0 Å². The van der Waals surface area contributed by atoms with Gasteiger partial charge < -0.3 is 14.4 Å². The van der Waals surface area contributed by atoms with E-state index in [-0.39, 0.29) is 6.10 Å². The van der Waals surface area contributed by atoms with E-state index in [2.05, 4.69) is 100 Å². The van der Waals surface area contributed by atoms with Gasteiger partial charge in [0.05, 0.1) is 0 Å². The number of unbranched alkanes of at least 4 members (excludes halogenated alkanes) is 18. The van der Waals surface area contributed by atoms with Crippen LogP contribution in [-0.4, -0.2) is 68.4 Å². The zero-order chi connectivity index (χ0) is 38.2. The summed E-state index contributed by atoms with van der Waals surface area (Å²) < 4.78 is 11.5. The molecule has 52 heavy (non-hydrogen) atoms. The third kappa shape index (κ3) is 37.9. The molecule has 0 heterocycles. The number of rotatable bonds is 38. The molecule has 0 aliphatic rings. The monoisotopic (exact) mass is 729 g/mol. The number of nitrogens with zero attached hydrogens (tertiary/aromatic N) is 2. The van der Waals surface area contributed by atoms with Crippen molar-refractivity contribution in [1.29, 1.82) is 0 Å². The highest BCUT2D eigenvalue weighted by molar-refractivity contribution is 5.60. The SMILES string of the molecule is CCCCC/C=C\C/C=C\CCCCCCCCC(CCCCCCCC/C=C\C/C=C\CCCCC)OC(=O)OCCN(CCN(C)C)C(C)C. The van der Waals surface area contributed by atoms with Gasteiger partial charge in [0, 0.05) is 25.7 Å². The molecule has 0 rings (SSSR count). The Labute approximate surface area is 325 Å². The Balaban J connectivity index is 4.36. The lowest BCUT2D eigenvalue weighted by molar-refractivity contribution is 0.0101. The fraction of sp³-hybridized carbons (Fsp3) is 0.809. The largest absolute Gasteiger partial charge is 0.508 e. The third-order valence-corrected chi connectivity index (χ3v) is 9.88. The molecule has 0 fully saturated rings. The Bertz CT molecular complexity index is 815. The zero-order valence-corrected chi connectivity index (χ0v) is 35.6. The molecule has 0 spiro atoms. The van der Waals surface area contributed by atoms with Gasteiger partial charge in [-0.3, -0.25) is 4.90 Å². The van der Waals surface area contributed by atoms with Crippen molar-refractivity contribution in [3.8, 4) is 0 Å². The molecule has 0 saturated heterocycles. The Morgan fingerprint density at radius 3 is 1.33 bits per heavy atom. The van der Waals surface area contributed by atoms with Crippen molar-refractivity contribution in [3.05, 3.63) is 48.6 Å².